The Morgan fingerprint density at radius 2 is 1.72 bits per heavy atom. The molecule has 1 atom stereocenters. The number of ketones is 1. The van der Waals surface area contributed by atoms with Gasteiger partial charge in [-0.05, 0) is 61.1 Å². The highest BCUT2D eigenvalue weighted by Gasteiger charge is 2.45. The number of benzene rings is 2. The number of rotatable bonds is 4. The third-order valence-corrected chi connectivity index (χ3v) is 6.56. The van der Waals surface area contributed by atoms with Crippen molar-refractivity contribution in [2.75, 3.05) is 19.1 Å². The molecule has 4 rings (SSSR count). The average Bonchev–Trinajstić information content (AvgIpc) is 2.73. The molecule has 2 aliphatic rings. The van der Waals surface area contributed by atoms with E-state index >= 15 is 0 Å². The summed E-state index contributed by atoms with van der Waals surface area (Å²) in [5.41, 5.74) is 5.13. The van der Waals surface area contributed by atoms with E-state index in [1.807, 2.05) is 50.2 Å². The molecule has 1 aliphatic heterocycles. The lowest BCUT2D eigenvalue weighted by molar-refractivity contribution is -0.121. The lowest BCUT2D eigenvalue weighted by Crippen LogP contribution is -2.44. The van der Waals surface area contributed by atoms with Gasteiger partial charge in [0.1, 0.15) is 11.5 Å². The largest absolute Gasteiger partial charge is 0.497 e. The second-order valence-corrected chi connectivity index (χ2v) is 9.68. The zero-order chi connectivity index (χ0) is 23.2. The Morgan fingerprint density at radius 3 is 2.41 bits per heavy atom. The SMILES string of the molecule is COc1ccc(OC)c(C2CC(=O)N(c3cc(C)ccc3C)C3=C2C(=O)CC(C)(C)C3)c1. The fraction of sp³-hybridized carbons (Fsp3) is 0.407. The van der Waals surface area contributed by atoms with Crippen LogP contribution in [-0.2, 0) is 9.59 Å². The van der Waals surface area contributed by atoms with E-state index < -0.39 is 0 Å². The quantitative estimate of drug-likeness (QED) is 0.640. The molecular weight excluding hydrogens is 402 g/mol. The van der Waals surface area contributed by atoms with E-state index in [4.69, 9.17) is 9.47 Å². The van der Waals surface area contributed by atoms with Gasteiger partial charge in [0.25, 0.3) is 0 Å². The molecule has 0 N–H and O–H groups in total. The number of hydrogen-bond acceptors (Lipinski definition) is 4. The van der Waals surface area contributed by atoms with Gasteiger partial charge >= 0.3 is 0 Å². The molecule has 0 bridgehead atoms. The summed E-state index contributed by atoms with van der Waals surface area (Å²) in [6.07, 6.45) is 1.33. The molecule has 1 heterocycles. The molecule has 5 nitrogen and oxygen atoms in total. The Kier molecular flexibility index (Phi) is 5.61. The molecule has 0 spiro atoms. The standard InChI is InChI=1S/C27H31NO4/c1-16-7-8-17(2)21(11-16)28-22-14-27(3,4)15-23(29)26(22)20(13-25(28)30)19-12-18(31-5)9-10-24(19)32-6/h7-12,20H,13-15H2,1-6H3. The maximum atomic E-state index is 13.7. The number of methoxy groups -OCH3 is 2. The van der Waals surface area contributed by atoms with Crippen LogP contribution < -0.4 is 14.4 Å². The van der Waals surface area contributed by atoms with Crippen LogP contribution in [-0.4, -0.2) is 25.9 Å². The molecule has 5 heteroatoms. The lowest BCUT2D eigenvalue weighted by Gasteiger charge is -2.43. The average molecular weight is 434 g/mol. The first-order chi connectivity index (χ1) is 15.1. The van der Waals surface area contributed by atoms with Crippen molar-refractivity contribution < 1.29 is 19.1 Å². The van der Waals surface area contributed by atoms with Crippen LogP contribution in [0.15, 0.2) is 47.7 Å². The van der Waals surface area contributed by atoms with Crippen molar-refractivity contribution in [3.05, 3.63) is 64.4 Å². The summed E-state index contributed by atoms with van der Waals surface area (Å²) in [7, 11) is 3.22. The van der Waals surface area contributed by atoms with E-state index in [1.165, 1.54) is 0 Å². The van der Waals surface area contributed by atoms with Crippen LogP contribution in [0.3, 0.4) is 0 Å². The summed E-state index contributed by atoms with van der Waals surface area (Å²) >= 11 is 0. The summed E-state index contributed by atoms with van der Waals surface area (Å²) in [6, 6.07) is 11.7. The summed E-state index contributed by atoms with van der Waals surface area (Å²) < 4.78 is 11.1. The predicted molar refractivity (Wildman–Crippen MR) is 125 cm³/mol. The molecular formula is C27H31NO4. The number of amides is 1. The highest BCUT2D eigenvalue weighted by molar-refractivity contribution is 6.08. The van der Waals surface area contributed by atoms with Crippen molar-refractivity contribution in [2.45, 2.75) is 52.9 Å². The molecule has 0 aromatic heterocycles. The molecule has 2 aromatic carbocycles. The maximum Gasteiger partial charge on any atom is 0.232 e. The van der Waals surface area contributed by atoms with Gasteiger partial charge in [-0.3, -0.25) is 14.5 Å². The minimum atomic E-state index is -0.354. The van der Waals surface area contributed by atoms with Gasteiger partial charge in [0.05, 0.1) is 19.9 Å². The van der Waals surface area contributed by atoms with Crippen molar-refractivity contribution in [1.29, 1.82) is 0 Å². The third-order valence-electron chi connectivity index (χ3n) is 6.56. The summed E-state index contributed by atoms with van der Waals surface area (Å²) in [5.74, 6) is 1.09. The van der Waals surface area contributed by atoms with Crippen LogP contribution in [0.4, 0.5) is 5.69 Å². The predicted octanol–water partition coefficient (Wildman–Crippen LogP) is 5.48. The van der Waals surface area contributed by atoms with Crippen LogP contribution in [0.5, 0.6) is 11.5 Å². The maximum absolute atomic E-state index is 13.7. The summed E-state index contributed by atoms with van der Waals surface area (Å²) in [5, 5.41) is 0. The third kappa shape index (κ3) is 3.81. The smallest absolute Gasteiger partial charge is 0.232 e. The number of anilines is 1. The van der Waals surface area contributed by atoms with Gasteiger partial charge in [0.15, 0.2) is 5.78 Å². The van der Waals surface area contributed by atoms with E-state index in [-0.39, 0.29) is 29.4 Å². The van der Waals surface area contributed by atoms with Crippen LogP contribution in [0.25, 0.3) is 0 Å². The second kappa shape index (κ2) is 8.12. The van der Waals surface area contributed by atoms with Gasteiger partial charge in [-0.1, -0.05) is 26.0 Å². The van der Waals surface area contributed by atoms with E-state index in [9.17, 15) is 9.59 Å². The highest BCUT2D eigenvalue weighted by atomic mass is 16.5. The number of nitrogens with zero attached hydrogens (tertiary/aromatic N) is 1. The molecule has 0 radical (unpaired) electrons. The minimum absolute atomic E-state index is 0.00202. The van der Waals surface area contributed by atoms with E-state index in [2.05, 4.69) is 13.8 Å². The van der Waals surface area contributed by atoms with E-state index in [0.29, 0.717) is 24.3 Å². The molecule has 1 aliphatic carbocycles. The number of Topliss-reactive ketones (excluding diaryl/α,β-unsaturated/α-hetero) is 1. The zero-order valence-electron chi connectivity index (χ0n) is 19.7. The molecule has 32 heavy (non-hydrogen) atoms. The Morgan fingerprint density at radius 1 is 0.969 bits per heavy atom. The molecule has 1 amide bonds. The molecule has 2 aromatic rings. The zero-order valence-corrected chi connectivity index (χ0v) is 19.7. The Balaban J connectivity index is 1.96. The number of allylic oxidation sites excluding steroid dienone is 2. The Hall–Kier alpha value is -3.08. The fourth-order valence-corrected chi connectivity index (χ4v) is 5.03. The molecule has 0 fully saturated rings. The van der Waals surface area contributed by atoms with Crippen molar-refractivity contribution in [1.82, 2.24) is 0 Å². The van der Waals surface area contributed by atoms with Gasteiger partial charge < -0.3 is 9.47 Å². The van der Waals surface area contributed by atoms with Crippen molar-refractivity contribution in [3.8, 4) is 11.5 Å². The lowest BCUT2D eigenvalue weighted by atomic mass is 9.69. The Bertz CT molecular complexity index is 1130. The monoisotopic (exact) mass is 433 g/mol. The van der Waals surface area contributed by atoms with Gasteiger partial charge in [-0.15, -0.1) is 0 Å². The van der Waals surface area contributed by atoms with Gasteiger partial charge in [0.2, 0.25) is 5.91 Å². The summed E-state index contributed by atoms with van der Waals surface area (Å²) in [4.78, 5) is 29.0. The van der Waals surface area contributed by atoms with Crippen molar-refractivity contribution in [2.24, 2.45) is 5.41 Å². The first kappa shape index (κ1) is 22.1. The fourth-order valence-electron chi connectivity index (χ4n) is 5.03. The van der Waals surface area contributed by atoms with Crippen LogP contribution >= 0.6 is 0 Å². The van der Waals surface area contributed by atoms with E-state index in [1.54, 1.807) is 19.1 Å². The van der Waals surface area contributed by atoms with Crippen LogP contribution in [0.1, 0.15) is 55.7 Å². The highest BCUT2D eigenvalue weighted by Crippen LogP contribution is 2.50. The van der Waals surface area contributed by atoms with Gasteiger partial charge in [-0.2, -0.15) is 0 Å². The number of aryl methyl sites for hydroxylation is 2. The normalized spacial score (nSPS) is 20.3. The van der Waals surface area contributed by atoms with Crippen molar-refractivity contribution >= 4 is 17.4 Å². The van der Waals surface area contributed by atoms with Crippen molar-refractivity contribution in [3.63, 3.8) is 0 Å². The first-order valence-electron chi connectivity index (χ1n) is 11.0. The molecule has 168 valence electrons. The molecule has 1 unspecified atom stereocenters. The first-order valence-corrected chi connectivity index (χ1v) is 11.0. The van der Waals surface area contributed by atoms with Crippen LogP contribution in [0.2, 0.25) is 0 Å². The topological polar surface area (TPSA) is 55.8 Å². The van der Waals surface area contributed by atoms with Crippen LogP contribution in [0, 0.1) is 19.3 Å². The molecule has 0 saturated heterocycles. The Labute approximate surface area is 190 Å². The second-order valence-electron chi connectivity index (χ2n) is 9.68. The van der Waals surface area contributed by atoms with Gasteiger partial charge in [-0.25, -0.2) is 0 Å². The van der Waals surface area contributed by atoms with Gasteiger partial charge in [0, 0.05) is 35.6 Å². The minimum Gasteiger partial charge on any atom is -0.497 e. The summed E-state index contributed by atoms with van der Waals surface area (Å²) in [6.45, 7) is 8.22. The number of hydrogen-bond donors (Lipinski definition) is 0. The molecule has 0 saturated carbocycles. The van der Waals surface area contributed by atoms with E-state index in [0.717, 1.165) is 33.6 Å². The number of carbonyl (C=O) groups excluding carboxylic acids is 2. The number of carbonyl (C=O) groups is 2. The number of ether oxygens (including phenoxy) is 2.